The van der Waals surface area contributed by atoms with Crippen LogP contribution in [0.3, 0.4) is 0 Å². The van der Waals surface area contributed by atoms with Crippen LogP contribution < -0.4 is 19.5 Å². The molecule has 1 unspecified atom stereocenters. The Morgan fingerprint density at radius 2 is 1.71 bits per heavy atom. The lowest BCUT2D eigenvalue weighted by Crippen LogP contribution is -2.35. The van der Waals surface area contributed by atoms with Gasteiger partial charge in [-0.2, -0.15) is 11.8 Å². The first-order valence-corrected chi connectivity index (χ1v) is 8.29. The minimum atomic E-state index is 0.376. The number of methoxy groups -OCH3 is 3. The standard InChI is InChI=1S/C16H25NO3S/c1-16(2)8-12(9-21-10-16)17-11-6-13(18-3)15(20-5)14(7-11)19-4/h6-7,12,17H,8-10H2,1-5H3. The maximum absolute atomic E-state index is 5.40. The van der Waals surface area contributed by atoms with Gasteiger partial charge in [-0.1, -0.05) is 13.8 Å². The Hall–Kier alpha value is -1.23. The van der Waals surface area contributed by atoms with Gasteiger partial charge in [0.2, 0.25) is 5.75 Å². The Labute approximate surface area is 131 Å². The summed E-state index contributed by atoms with van der Waals surface area (Å²) in [5.41, 5.74) is 1.38. The molecular formula is C16H25NO3S. The van der Waals surface area contributed by atoms with E-state index in [-0.39, 0.29) is 0 Å². The monoisotopic (exact) mass is 311 g/mol. The highest BCUT2D eigenvalue weighted by Crippen LogP contribution is 2.41. The molecule has 1 heterocycles. The molecule has 0 aliphatic carbocycles. The summed E-state index contributed by atoms with van der Waals surface area (Å²) < 4.78 is 16.2. The average molecular weight is 311 g/mol. The van der Waals surface area contributed by atoms with E-state index in [4.69, 9.17) is 14.2 Å². The zero-order valence-corrected chi connectivity index (χ0v) is 14.3. The molecule has 0 bridgehead atoms. The first-order chi connectivity index (χ1) is 9.99. The van der Waals surface area contributed by atoms with Gasteiger partial charge in [0.1, 0.15) is 0 Å². The number of benzene rings is 1. The van der Waals surface area contributed by atoms with Crippen molar-refractivity contribution in [3.05, 3.63) is 12.1 Å². The molecular weight excluding hydrogens is 286 g/mol. The Kier molecular flexibility index (Phi) is 5.14. The zero-order valence-electron chi connectivity index (χ0n) is 13.5. The largest absolute Gasteiger partial charge is 0.493 e. The molecule has 2 rings (SSSR count). The lowest BCUT2D eigenvalue weighted by molar-refractivity contribution is 0.324. The van der Waals surface area contributed by atoms with E-state index in [0.717, 1.165) is 17.9 Å². The van der Waals surface area contributed by atoms with Crippen LogP contribution in [0.5, 0.6) is 17.2 Å². The Bertz CT molecular complexity index is 465. The Balaban J connectivity index is 2.20. The molecule has 0 amide bonds. The van der Waals surface area contributed by atoms with Gasteiger partial charge in [-0.05, 0) is 17.6 Å². The summed E-state index contributed by atoms with van der Waals surface area (Å²) in [5, 5.41) is 3.60. The van der Waals surface area contributed by atoms with Crippen LogP contribution in [0.15, 0.2) is 12.1 Å². The third kappa shape index (κ3) is 3.90. The van der Waals surface area contributed by atoms with Gasteiger partial charge < -0.3 is 19.5 Å². The molecule has 0 aromatic heterocycles. The Morgan fingerprint density at radius 3 is 2.19 bits per heavy atom. The molecule has 1 saturated heterocycles. The molecule has 5 heteroatoms. The number of rotatable bonds is 5. The number of hydrogen-bond donors (Lipinski definition) is 1. The summed E-state index contributed by atoms with van der Waals surface area (Å²) in [6.07, 6.45) is 1.16. The van der Waals surface area contributed by atoms with Crippen LogP contribution in [0.25, 0.3) is 0 Å². The van der Waals surface area contributed by atoms with Crippen molar-refractivity contribution in [2.45, 2.75) is 26.3 Å². The summed E-state index contributed by atoms with van der Waals surface area (Å²) in [6, 6.07) is 4.39. The van der Waals surface area contributed by atoms with E-state index in [2.05, 4.69) is 19.2 Å². The van der Waals surface area contributed by atoms with Gasteiger partial charge >= 0.3 is 0 Å². The molecule has 1 N–H and O–H groups in total. The van der Waals surface area contributed by atoms with Crippen LogP contribution in [0.4, 0.5) is 5.69 Å². The lowest BCUT2D eigenvalue weighted by Gasteiger charge is -2.35. The smallest absolute Gasteiger partial charge is 0.203 e. The van der Waals surface area contributed by atoms with Crippen LogP contribution in [0, 0.1) is 5.41 Å². The molecule has 0 radical (unpaired) electrons. The van der Waals surface area contributed by atoms with Crippen LogP contribution in [-0.2, 0) is 0 Å². The van der Waals surface area contributed by atoms with Crippen molar-refractivity contribution in [3.8, 4) is 17.2 Å². The second-order valence-electron chi connectivity index (χ2n) is 6.14. The highest BCUT2D eigenvalue weighted by molar-refractivity contribution is 7.99. The fourth-order valence-corrected chi connectivity index (χ4v) is 4.03. The van der Waals surface area contributed by atoms with Crippen molar-refractivity contribution in [1.82, 2.24) is 0 Å². The zero-order chi connectivity index (χ0) is 15.5. The van der Waals surface area contributed by atoms with E-state index < -0.39 is 0 Å². The van der Waals surface area contributed by atoms with Gasteiger partial charge in [0.25, 0.3) is 0 Å². The van der Waals surface area contributed by atoms with Crippen molar-refractivity contribution in [2.24, 2.45) is 5.41 Å². The number of hydrogen-bond acceptors (Lipinski definition) is 5. The van der Waals surface area contributed by atoms with Gasteiger partial charge in [-0.15, -0.1) is 0 Å². The average Bonchev–Trinajstić information content (AvgIpc) is 2.45. The minimum Gasteiger partial charge on any atom is -0.493 e. The van der Waals surface area contributed by atoms with Crippen molar-refractivity contribution < 1.29 is 14.2 Å². The number of thioether (sulfide) groups is 1. The van der Waals surface area contributed by atoms with Gasteiger partial charge in [0, 0.05) is 29.6 Å². The summed E-state index contributed by atoms with van der Waals surface area (Å²) in [6.45, 7) is 4.64. The summed E-state index contributed by atoms with van der Waals surface area (Å²) in [7, 11) is 4.90. The van der Waals surface area contributed by atoms with E-state index >= 15 is 0 Å². The number of nitrogens with one attached hydrogen (secondary N) is 1. The molecule has 1 fully saturated rings. The predicted octanol–water partition coefficient (Wildman–Crippen LogP) is 3.66. The molecule has 1 aromatic rings. The summed E-state index contributed by atoms with van der Waals surface area (Å²) >= 11 is 2.01. The van der Waals surface area contributed by atoms with Gasteiger partial charge in [-0.25, -0.2) is 0 Å². The van der Waals surface area contributed by atoms with Crippen LogP contribution >= 0.6 is 11.8 Å². The topological polar surface area (TPSA) is 39.7 Å². The van der Waals surface area contributed by atoms with Crippen molar-refractivity contribution in [1.29, 1.82) is 0 Å². The quantitative estimate of drug-likeness (QED) is 0.898. The van der Waals surface area contributed by atoms with Gasteiger partial charge in [0.15, 0.2) is 11.5 Å². The van der Waals surface area contributed by atoms with E-state index in [0.29, 0.717) is 28.7 Å². The highest BCUT2D eigenvalue weighted by atomic mass is 32.2. The van der Waals surface area contributed by atoms with Crippen molar-refractivity contribution in [3.63, 3.8) is 0 Å². The predicted molar refractivity (Wildman–Crippen MR) is 89.2 cm³/mol. The van der Waals surface area contributed by atoms with Gasteiger partial charge in [-0.3, -0.25) is 0 Å². The molecule has 1 aliphatic rings. The fraction of sp³-hybridized carbons (Fsp3) is 0.625. The third-order valence-corrected chi connectivity index (χ3v) is 5.27. The molecule has 1 aromatic carbocycles. The van der Waals surface area contributed by atoms with E-state index in [9.17, 15) is 0 Å². The molecule has 1 aliphatic heterocycles. The van der Waals surface area contributed by atoms with Gasteiger partial charge in [0.05, 0.1) is 21.3 Å². The first-order valence-electron chi connectivity index (χ1n) is 7.13. The highest BCUT2D eigenvalue weighted by Gasteiger charge is 2.28. The fourth-order valence-electron chi connectivity index (χ4n) is 2.76. The van der Waals surface area contributed by atoms with Crippen LogP contribution in [0.1, 0.15) is 20.3 Å². The number of anilines is 1. The normalized spacial score (nSPS) is 20.7. The molecule has 118 valence electrons. The van der Waals surface area contributed by atoms with E-state index in [1.807, 2.05) is 23.9 Å². The minimum absolute atomic E-state index is 0.376. The van der Waals surface area contributed by atoms with Crippen molar-refractivity contribution in [2.75, 3.05) is 38.2 Å². The molecule has 0 spiro atoms. The number of ether oxygens (including phenoxy) is 3. The molecule has 0 saturated carbocycles. The van der Waals surface area contributed by atoms with Crippen LogP contribution in [0.2, 0.25) is 0 Å². The lowest BCUT2D eigenvalue weighted by atomic mass is 9.88. The molecule has 4 nitrogen and oxygen atoms in total. The summed E-state index contributed by atoms with van der Waals surface area (Å²) in [5.74, 6) is 4.34. The third-order valence-electron chi connectivity index (χ3n) is 3.65. The maximum Gasteiger partial charge on any atom is 0.203 e. The van der Waals surface area contributed by atoms with E-state index in [1.54, 1.807) is 21.3 Å². The SMILES string of the molecule is COc1cc(NC2CSCC(C)(C)C2)cc(OC)c1OC. The van der Waals surface area contributed by atoms with Crippen LogP contribution in [-0.4, -0.2) is 38.9 Å². The van der Waals surface area contributed by atoms with Crippen molar-refractivity contribution >= 4 is 17.4 Å². The second kappa shape index (κ2) is 6.69. The Morgan fingerprint density at radius 1 is 1.10 bits per heavy atom. The van der Waals surface area contributed by atoms with E-state index in [1.165, 1.54) is 5.75 Å². The maximum atomic E-state index is 5.40. The molecule has 21 heavy (non-hydrogen) atoms. The second-order valence-corrected chi connectivity index (χ2v) is 7.17. The first kappa shape index (κ1) is 16.1. The molecule has 1 atom stereocenters. The summed E-state index contributed by atoms with van der Waals surface area (Å²) in [4.78, 5) is 0.